The zero-order chi connectivity index (χ0) is 32.6. The average Bonchev–Trinajstić information content (AvgIpc) is 3.53. The second-order valence-corrected chi connectivity index (χ2v) is 12.1. The highest BCUT2D eigenvalue weighted by Crippen LogP contribution is 2.33. The Morgan fingerprint density at radius 3 is 1.22 bits per heavy atom. The molecule has 230 valence electrons. The fourth-order valence-electron chi connectivity index (χ4n) is 6.63. The number of hydrogen-bond donors (Lipinski definition) is 0. The van der Waals surface area contributed by atoms with Crippen LogP contribution < -0.4 is 0 Å². The summed E-state index contributed by atoms with van der Waals surface area (Å²) in [5.41, 5.74) is 10.9. The highest BCUT2D eigenvalue weighted by molar-refractivity contribution is 6.09. The molecular weight excluding hydrogens is 597 g/mol. The van der Waals surface area contributed by atoms with Crippen molar-refractivity contribution < 1.29 is 0 Å². The first kappa shape index (κ1) is 28.6. The van der Waals surface area contributed by atoms with Crippen LogP contribution in [0.25, 0.3) is 83.9 Å². The van der Waals surface area contributed by atoms with E-state index in [2.05, 4.69) is 174 Å². The second kappa shape index (κ2) is 12.2. The van der Waals surface area contributed by atoms with Gasteiger partial charge in [0.15, 0.2) is 11.6 Å². The van der Waals surface area contributed by atoms with Crippen molar-refractivity contribution in [2.75, 3.05) is 0 Å². The molecule has 0 amide bonds. The van der Waals surface area contributed by atoms with Crippen molar-refractivity contribution in [3.8, 4) is 62.1 Å². The van der Waals surface area contributed by atoms with Crippen molar-refractivity contribution in [3.63, 3.8) is 0 Å². The molecule has 0 fully saturated rings. The van der Waals surface area contributed by atoms with E-state index >= 15 is 0 Å². The number of rotatable bonds is 6. The quantitative estimate of drug-likeness (QED) is 0.184. The summed E-state index contributed by atoms with van der Waals surface area (Å²) in [4.78, 5) is 15.4. The molecule has 4 nitrogen and oxygen atoms in total. The zero-order valence-electron chi connectivity index (χ0n) is 26.6. The number of hydrogen-bond acceptors (Lipinski definition) is 3. The molecule has 0 atom stereocenters. The molecule has 0 unspecified atom stereocenters. The summed E-state index contributed by atoms with van der Waals surface area (Å²) in [7, 11) is 0. The van der Waals surface area contributed by atoms with Gasteiger partial charge in [0.1, 0.15) is 0 Å². The molecule has 0 radical (unpaired) electrons. The van der Waals surface area contributed by atoms with Crippen molar-refractivity contribution >= 4 is 21.8 Å². The molecule has 0 aliphatic carbocycles. The topological polar surface area (TPSA) is 43.6 Å². The van der Waals surface area contributed by atoms with Gasteiger partial charge in [-0.15, -0.1) is 0 Å². The van der Waals surface area contributed by atoms with Gasteiger partial charge in [0.05, 0.1) is 11.0 Å². The van der Waals surface area contributed by atoms with E-state index in [1.54, 1.807) is 0 Å². The molecule has 0 saturated carbocycles. The summed E-state index contributed by atoms with van der Waals surface area (Å²) in [5, 5.41) is 2.32. The minimum absolute atomic E-state index is 0.586. The third-order valence-corrected chi connectivity index (χ3v) is 9.10. The van der Waals surface area contributed by atoms with Gasteiger partial charge in [-0.2, -0.15) is 9.97 Å². The third-order valence-electron chi connectivity index (χ3n) is 9.10. The van der Waals surface area contributed by atoms with Gasteiger partial charge in [-0.05, 0) is 51.6 Å². The molecule has 2 heterocycles. The summed E-state index contributed by atoms with van der Waals surface area (Å²) in [6.45, 7) is 0. The monoisotopic (exact) mass is 626 g/mol. The van der Waals surface area contributed by atoms with E-state index in [1.807, 2.05) is 12.1 Å². The van der Waals surface area contributed by atoms with Gasteiger partial charge in [-0.25, -0.2) is 4.98 Å². The molecule has 2 aromatic heterocycles. The Labute approximate surface area is 284 Å². The Bertz CT molecular complexity index is 2520. The molecule has 0 bridgehead atoms. The van der Waals surface area contributed by atoms with Crippen molar-refractivity contribution in [1.82, 2.24) is 19.5 Å². The molecule has 49 heavy (non-hydrogen) atoms. The average molecular weight is 627 g/mol. The van der Waals surface area contributed by atoms with E-state index in [1.165, 1.54) is 11.1 Å². The summed E-state index contributed by atoms with van der Waals surface area (Å²) >= 11 is 0. The van der Waals surface area contributed by atoms with Crippen LogP contribution in [0.2, 0.25) is 0 Å². The van der Waals surface area contributed by atoms with Crippen LogP contribution in [-0.2, 0) is 0 Å². The molecular formula is C45H30N4. The van der Waals surface area contributed by atoms with Gasteiger partial charge in [-0.3, -0.25) is 4.57 Å². The van der Waals surface area contributed by atoms with Crippen molar-refractivity contribution in [3.05, 3.63) is 182 Å². The Kier molecular flexibility index (Phi) is 7.10. The lowest BCUT2D eigenvalue weighted by Crippen LogP contribution is -2.06. The van der Waals surface area contributed by atoms with Gasteiger partial charge in [-0.1, -0.05) is 164 Å². The number of para-hydroxylation sites is 2. The van der Waals surface area contributed by atoms with Crippen LogP contribution in [0.3, 0.4) is 0 Å². The van der Waals surface area contributed by atoms with Crippen LogP contribution in [-0.4, -0.2) is 19.5 Å². The van der Waals surface area contributed by atoms with Gasteiger partial charge in [0, 0.05) is 21.9 Å². The van der Waals surface area contributed by atoms with E-state index < -0.39 is 0 Å². The first-order chi connectivity index (χ1) is 24.3. The minimum atomic E-state index is 0.586. The van der Waals surface area contributed by atoms with Crippen LogP contribution in [0.4, 0.5) is 0 Å². The van der Waals surface area contributed by atoms with Crippen molar-refractivity contribution in [2.24, 2.45) is 0 Å². The highest BCUT2D eigenvalue weighted by atomic mass is 15.2. The lowest BCUT2D eigenvalue weighted by Gasteiger charge is -2.12. The minimum Gasteiger partial charge on any atom is -0.278 e. The molecule has 7 aromatic carbocycles. The van der Waals surface area contributed by atoms with E-state index in [4.69, 9.17) is 15.0 Å². The summed E-state index contributed by atoms with van der Waals surface area (Å²) in [5.74, 6) is 1.83. The standard InChI is InChI=1S/C45H30N4/c1-3-12-31(13-4-1)33-22-24-34(25-23-33)35-26-28-36(29-27-35)43-46-44(38-17-11-16-37(30-38)32-14-5-2-6-15-32)48-45(47-43)49-41-20-9-7-18-39(41)40-19-8-10-21-42(40)49/h1-30H. The number of benzene rings is 7. The molecule has 4 heteroatoms. The van der Waals surface area contributed by atoms with E-state index in [0.717, 1.165) is 55.2 Å². The van der Waals surface area contributed by atoms with Gasteiger partial charge in [0.25, 0.3) is 0 Å². The maximum atomic E-state index is 5.15. The molecule has 9 aromatic rings. The Morgan fingerprint density at radius 1 is 0.286 bits per heavy atom. The lowest BCUT2D eigenvalue weighted by molar-refractivity contribution is 0.953. The largest absolute Gasteiger partial charge is 0.278 e. The van der Waals surface area contributed by atoms with E-state index in [9.17, 15) is 0 Å². The Balaban J connectivity index is 1.17. The number of aromatic nitrogens is 4. The second-order valence-electron chi connectivity index (χ2n) is 12.1. The maximum absolute atomic E-state index is 5.15. The van der Waals surface area contributed by atoms with Crippen LogP contribution in [0.15, 0.2) is 182 Å². The first-order valence-corrected chi connectivity index (χ1v) is 16.5. The molecule has 9 rings (SSSR count). The lowest BCUT2D eigenvalue weighted by atomic mass is 9.99. The first-order valence-electron chi connectivity index (χ1n) is 16.5. The molecule has 0 N–H and O–H groups in total. The van der Waals surface area contributed by atoms with Gasteiger partial charge in [0.2, 0.25) is 5.95 Å². The predicted octanol–water partition coefficient (Wildman–Crippen LogP) is 11.3. The van der Waals surface area contributed by atoms with Crippen molar-refractivity contribution in [1.29, 1.82) is 0 Å². The molecule has 0 spiro atoms. The smallest absolute Gasteiger partial charge is 0.238 e. The summed E-state index contributed by atoms with van der Waals surface area (Å²) in [6, 6.07) is 63.4. The summed E-state index contributed by atoms with van der Waals surface area (Å²) in [6.07, 6.45) is 0. The Morgan fingerprint density at radius 2 is 0.673 bits per heavy atom. The summed E-state index contributed by atoms with van der Waals surface area (Å²) < 4.78 is 2.16. The van der Waals surface area contributed by atoms with E-state index in [0.29, 0.717) is 17.6 Å². The maximum Gasteiger partial charge on any atom is 0.238 e. The Hall–Kier alpha value is -6.65. The van der Waals surface area contributed by atoms with E-state index in [-0.39, 0.29) is 0 Å². The fraction of sp³-hybridized carbons (Fsp3) is 0. The highest BCUT2D eigenvalue weighted by Gasteiger charge is 2.18. The van der Waals surface area contributed by atoms with Crippen LogP contribution in [0, 0.1) is 0 Å². The molecule has 0 saturated heterocycles. The van der Waals surface area contributed by atoms with Crippen molar-refractivity contribution in [2.45, 2.75) is 0 Å². The van der Waals surface area contributed by atoms with Crippen LogP contribution >= 0.6 is 0 Å². The predicted molar refractivity (Wildman–Crippen MR) is 201 cm³/mol. The third kappa shape index (κ3) is 5.35. The van der Waals surface area contributed by atoms with Gasteiger partial charge >= 0.3 is 0 Å². The van der Waals surface area contributed by atoms with Gasteiger partial charge < -0.3 is 0 Å². The fourth-order valence-corrected chi connectivity index (χ4v) is 6.63. The van der Waals surface area contributed by atoms with Crippen LogP contribution in [0.1, 0.15) is 0 Å². The number of fused-ring (bicyclic) bond motifs is 3. The zero-order valence-corrected chi connectivity index (χ0v) is 26.6. The molecule has 0 aliphatic heterocycles. The number of nitrogens with zero attached hydrogens (tertiary/aromatic N) is 4. The SMILES string of the molecule is c1ccc(-c2ccc(-c3ccc(-c4nc(-c5cccc(-c6ccccc6)c5)nc(-n5c6ccccc6c6ccccc65)n4)cc3)cc2)cc1. The molecule has 0 aliphatic rings. The normalized spacial score (nSPS) is 11.3. The van der Waals surface area contributed by atoms with Crippen LogP contribution in [0.5, 0.6) is 0 Å².